The number of phenolic OH excluding ortho intramolecular Hbond substituents is 1. The molecule has 0 radical (unpaired) electrons. The third kappa shape index (κ3) is 12.2. The predicted octanol–water partition coefficient (Wildman–Crippen LogP) is 5.48. The van der Waals surface area contributed by atoms with E-state index in [0.717, 1.165) is 29.9 Å². The van der Waals surface area contributed by atoms with E-state index in [0.29, 0.717) is 23.4 Å². The zero-order chi connectivity index (χ0) is 40.4. The van der Waals surface area contributed by atoms with Crippen LogP contribution in [0.4, 0.5) is 5.69 Å². The zero-order valence-corrected chi connectivity index (χ0v) is 32.9. The highest BCUT2D eigenvalue weighted by Gasteiger charge is 2.52. The first-order valence-corrected chi connectivity index (χ1v) is 19.3. The number of esters is 4. The van der Waals surface area contributed by atoms with Gasteiger partial charge in [-0.05, 0) is 47.5 Å². The number of thioether (sulfide) groups is 1. The number of hydrogen-bond acceptors (Lipinski definition) is 15. The molecular weight excluding hydrogens is 767 g/mol. The number of nitrogens with one attached hydrogen (secondary N) is 1. The summed E-state index contributed by atoms with van der Waals surface area (Å²) in [6.07, 6.45) is -6.69. The number of thiocarbonyl (C=S) groups is 1. The second kappa shape index (κ2) is 20.0. The van der Waals surface area contributed by atoms with Crippen molar-refractivity contribution >= 4 is 58.5 Å². The molecule has 3 N–H and O–H groups in total. The van der Waals surface area contributed by atoms with Crippen LogP contribution in [0.25, 0.3) is 0 Å². The Labute approximate surface area is 334 Å². The van der Waals surface area contributed by atoms with Crippen LogP contribution in [0.3, 0.4) is 0 Å². The molecule has 0 saturated carbocycles. The van der Waals surface area contributed by atoms with Crippen molar-refractivity contribution in [1.82, 2.24) is 0 Å². The summed E-state index contributed by atoms with van der Waals surface area (Å²) in [5.74, 6) is -1.97. The molecule has 56 heavy (non-hydrogen) atoms. The number of aromatic hydroxyl groups is 1. The van der Waals surface area contributed by atoms with E-state index in [4.69, 9.17) is 45.4 Å². The van der Waals surface area contributed by atoms with E-state index in [1.807, 2.05) is 54.6 Å². The third-order valence-electron chi connectivity index (χ3n) is 8.80. The van der Waals surface area contributed by atoms with E-state index in [-0.39, 0.29) is 42.6 Å². The molecule has 2 aliphatic rings. The summed E-state index contributed by atoms with van der Waals surface area (Å²) in [4.78, 5) is 49.6. The minimum absolute atomic E-state index is 0.0441. The largest absolute Gasteiger partial charge is 0.508 e. The molecule has 3 aromatic carbocycles. The minimum atomic E-state index is -1.31. The van der Waals surface area contributed by atoms with E-state index in [1.54, 1.807) is 30.0 Å². The maximum atomic E-state index is 12.3. The van der Waals surface area contributed by atoms with Crippen molar-refractivity contribution in [2.75, 3.05) is 17.7 Å². The van der Waals surface area contributed by atoms with Gasteiger partial charge in [0.25, 0.3) is 0 Å². The van der Waals surface area contributed by atoms with Gasteiger partial charge in [-0.15, -0.1) is 11.8 Å². The van der Waals surface area contributed by atoms with Gasteiger partial charge in [0.1, 0.15) is 24.6 Å². The Hall–Kier alpha value is -4.58. The van der Waals surface area contributed by atoms with Crippen molar-refractivity contribution in [2.45, 2.75) is 101 Å². The molecule has 2 fully saturated rings. The summed E-state index contributed by atoms with van der Waals surface area (Å²) in [5, 5.41) is 22.5. The van der Waals surface area contributed by atoms with Crippen molar-refractivity contribution in [3.05, 3.63) is 89.5 Å². The molecule has 3 aromatic rings. The van der Waals surface area contributed by atoms with Crippen molar-refractivity contribution in [2.24, 2.45) is 0 Å². The molecule has 8 atom stereocenters. The van der Waals surface area contributed by atoms with E-state index >= 15 is 0 Å². The molecule has 2 aliphatic heterocycles. The number of benzene rings is 3. The summed E-state index contributed by atoms with van der Waals surface area (Å²) in [6.45, 7) is 4.28. The highest BCUT2D eigenvalue weighted by Crippen LogP contribution is 2.40. The van der Waals surface area contributed by atoms with E-state index in [1.165, 1.54) is 13.8 Å². The van der Waals surface area contributed by atoms with Gasteiger partial charge in [0.2, 0.25) is 0 Å². The van der Waals surface area contributed by atoms with Gasteiger partial charge in [-0.3, -0.25) is 19.2 Å². The van der Waals surface area contributed by atoms with Crippen LogP contribution < -0.4 is 5.32 Å². The molecule has 5 rings (SSSR count). The first kappa shape index (κ1) is 42.6. The van der Waals surface area contributed by atoms with Crippen LogP contribution >= 0.6 is 24.0 Å². The molecular formula is C40H45NO13S2. The van der Waals surface area contributed by atoms with Gasteiger partial charge in [0.15, 0.2) is 24.6 Å². The summed E-state index contributed by atoms with van der Waals surface area (Å²) < 4.78 is 41.0. The third-order valence-corrected chi connectivity index (χ3v) is 10.2. The van der Waals surface area contributed by atoms with Crippen LogP contribution in [-0.2, 0) is 58.9 Å². The molecule has 2 heterocycles. The number of anilines is 1. The highest BCUT2D eigenvalue weighted by atomic mass is 32.2. The van der Waals surface area contributed by atoms with Crippen molar-refractivity contribution < 1.29 is 62.5 Å². The normalized spacial score (nSPS) is 24.7. The van der Waals surface area contributed by atoms with Gasteiger partial charge in [-0.25, -0.2) is 0 Å². The van der Waals surface area contributed by atoms with Gasteiger partial charge in [-0.2, -0.15) is 0 Å². The first-order chi connectivity index (χ1) is 26.8. The van der Waals surface area contributed by atoms with Crippen LogP contribution in [0, 0.1) is 0 Å². The number of ether oxygens (including phenoxy) is 7. The lowest BCUT2D eigenvalue weighted by molar-refractivity contribution is -0.251. The maximum Gasteiger partial charge on any atom is 0.303 e. The van der Waals surface area contributed by atoms with Crippen molar-refractivity contribution in [1.29, 1.82) is 0 Å². The van der Waals surface area contributed by atoms with Crippen molar-refractivity contribution in [3.63, 3.8) is 0 Å². The smallest absolute Gasteiger partial charge is 0.303 e. The Morgan fingerprint density at radius 1 is 0.786 bits per heavy atom. The second-order valence-corrected chi connectivity index (χ2v) is 14.9. The molecule has 0 spiro atoms. The average molecular weight is 812 g/mol. The Morgan fingerprint density at radius 3 is 2.05 bits per heavy atom. The Bertz CT molecular complexity index is 1840. The predicted molar refractivity (Wildman–Crippen MR) is 206 cm³/mol. The van der Waals surface area contributed by atoms with Crippen LogP contribution in [0.5, 0.6) is 5.75 Å². The standard InChI is InChI=1S/C40H45NO13S2/c1-22(43)48-20-35-38(50-24(3)45)39(51-25(4)46)37(49-23(2)44)34(53-35)18-36(55)41-29-7-5-6-28(16-29)40-52-31(21-56-32-14-12-30(47)13-15-32)17-33(54-40)27-10-8-26(19-42)9-11-27/h5-16,31,33-35,37-40,42,47H,17-21H2,1-4H3,(H,41,55)/t31-,33+,34-,35+,37-,38+,39+,40?/m0/s1. The number of phenols is 1. The number of aliphatic hydroxyl groups excluding tert-OH is 1. The fourth-order valence-electron chi connectivity index (χ4n) is 6.39. The highest BCUT2D eigenvalue weighted by molar-refractivity contribution is 7.99. The first-order valence-electron chi connectivity index (χ1n) is 17.9. The lowest BCUT2D eigenvalue weighted by atomic mass is 9.92. The Morgan fingerprint density at radius 2 is 1.43 bits per heavy atom. The molecule has 0 aromatic heterocycles. The van der Waals surface area contributed by atoms with Crippen LogP contribution in [0.1, 0.15) is 69.6 Å². The lowest BCUT2D eigenvalue weighted by Crippen LogP contribution is -2.62. The fourth-order valence-corrected chi connectivity index (χ4v) is 7.60. The summed E-state index contributed by atoms with van der Waals surface area (Å²) in [6, 6.07) is 21.9. The maximum absolute atomic E-state index is 12.3. The zero-order valence-electron chi connectivity index (χ0n) is 31.3. The van der Waals surface area contributed by atoms with Crippen LogP contribution in [-0.4, -0.2) is 88.1 Å². The molecule has 0 amide bonds. The molecule has 2 saturated heterocycles. The lowest BCUT2D eigenvalue weighted by Gasteiger charge is -2.44. The average Bonchev–Trinajstić information content (AvgIpc) is 3.15. The fraction of sp³-hybridized carbons (Fsp3) is 0.425. The second-order valence-electron chi connectivity index (χ2n) is 13.3. The van der Waals surface area contributed by atoms with Gasteiger partial charge < -0.3 is 48.7 Å². The molecule has 300 valence electrons. The topological polar surface area (TPSA) is 185 Å². The van der Waals surface area contributed by atoms with Gasteiger partial charge in [0, 0.05) is 62.4 Å². The van der Waals surface area contributed by atoms with E-state index in [9.17, 15) is 29.4 Å². The quantitative estimate of drug-likeness (QED) is 0.0804. The Balaban J connectivity index is 1.35. The molecule has 0 aliphatic carbocycles. The molecule has 14 nitrogen and oxygen atoms in total. The molecule has 1 unspecified atom stereocenters. The van der Waals surface area contributed by atoms with E-state index < -0.39 is 60.7 Å². The van der Waals surface area contributed by atoms with Gasteiger partial charge in [-0.1, -0.05) is 48.6 Å². The molecule has 0 bridgehead atoms. The number of aliphatic hydroxyl groups is 1. The summed E-state index contributed by atoms with van der Waals surface area (Å²) >= 11 is 7.36. The van der Waals surface area contributed by atoms with Gasteiger partial charge >= 0.3 is 23.9 Å². The van der Waals surface area contributed by atoms with Crippen molar-refractivity contribution in [3.8, 4) is 5.75 Å². The monoisotopic (exact) mass is 811 g/mol. The summed E-state index contributed by atoms with van der Waals surface area (Å²) in [5.41, 5.74) is 3.03. The number of carbonyl (C=O) groups excluding carboxylic acids is 4. The molecule has 16 heteroatoms. The number of hydrogen-bond donors (Lipinski definition) is 3. The van der Waals surface area contributed by atoms with Crippen LogP contribution in [0.15, 0.2) is 77.7 Å². The van der Waals surface area contributed by atoms with E-state index in [2.05, 4.69) is 5.32 Å². The number of carbonyl (C=O) groups is 4. The number of rotatable bonds is 14. The Kier molecular flexibility index (Phi) is 15.2. The van der Waals surface area contributed by atoms with Gasteiger partial charge in [0.05, 0.1) is 23.8 Å². The minimum Gasteiger partial charge on any atom is -0.508 e. The van der Waals surface area contributed by atoms with Crippen LogP contribution in [0.2, 0.25) is 0 Å². The SMILES string of the molecule is CC(=O)OC[C@H]1O[C@@H](CC(=S)Nc2cccc(C3O[C@H](CSc4ccc(O)cc4)C[C@H](c4ccc(CO)cc4)O3)c2)[C@H](OC(C)=O)[C@@H](OC(C)=O)[C@@H]1OC(C)=O. The summed E-state index contributed by atoms with van der Waals surface area (Å²) in [7, 11) is 0.